The van der Waals surface area contributed by atoms with Gasteiger partial charge in [0.2, 0.25) is 5.91 Å². The molecule has 7 heteroatoms. The molecule has 7 nitrogen and oxygen atoms in total. The lowest BCUT2D eigenvalue weighted by atomic mass is 10.0. The summed E-state index contributed by atoms with van der Waals surface area (Å²) in [6, 6.07) is 23.1. The zero-order chi connectivity index (χ0) is 26.6. The maximum absolute atomic E-state index is 13.6. The van der Waals surface area contributed by atoms with E-state index >= 15 is 0 Å². The predicted octanol–water partition coefficient (Wildman–Crippen LogP) is 5.17. The van der Waals surface area contributed by atoms with Crippen LogP contribution in [0.25, 0.3) is 43.6 Å². The highest BCUT2D eigenvalue weighted by atomic mass is 16.2. The quantitative estimate of drug-likeness (QED) is 0.327. The van der Waals surface area contributed by atoms with E-state index in [4.69, 9.17) is 0 Å². The second kappa shape index (κ2) is 8.81. The van der Waals surface area contributed by atoms with Gasteiger partial charge in [0.1, 0.15) is 0 Å². The first-order valence-electron chi connectivity index (χ1n) is 12.2. The SMILES string of the molecule is CC(=O)N(Cc1ccc2[nH]c3cc4c(=O)c5ccccc5[nH]c4cc3c(=O)c2c1)C(=O)c1ccccc1C. The summed E-state index contributed by atoms with van der Waals surface area (Å²) >= 11 is 0. The summed E-state index contributed by atoms with van der Waals surface area (Å²) in [5.41, 5.74) is 4.02. The Kier molecular flexibility index (Phi) is 5.42. The summed E-state index contributed by atoms with van der Waals surface area (Å²) in [7, 11) is 0. The molecule has 0 saturated carbocycles. The van der Waals surface area contributed by atoms with Gasteiger partial charge in [0.15, 0.2) is 10.9 Å². The van der Waals surface area contributed by atoms with Gasteiger partial charge in [-0.1, -0.05) is 36.4 Å². The molecule has 0 unspecified atom stereocenters. The number of hydrogen-bond donors (Lipinski definition) is 2. The van der Waals surface area contributed by atoms with Crippen LogP contribution in [0.2, 0.25) is 0 Å². The van der Waals surface area contributed by atoms with E-state index in [1.165, 1.54) is 11.8 Å². The molecule has 0 bridgehead atoms. The highest BCUT2D eigenvalue weighted by Crippen LogP contribution is 2.23. The van der Waals surface area contributed by atoms with E-state index in [0.29, 0.717) is 54.7 Å². The molecule has 0 aliphatic carbocycles. The number of aromatic nitrogens is 2. The van der Waals surface area contributed by atoms with Gasteiger partial charge in [-0.2, -0.15) is 0 Å². The summed E-state index contributed by atoms with van der Waals surface area (Å²) in [4.78, 5) is 60.0. The largest absolute Gasteiger partial charge is 0.354 e. The molecule has 6 rings (SSSR count). The number of aryl methyl sites for hydroxylation is 1. The molecule has 2 amide bonds. The first-order valence-corrected chi connectivity index (χ1v) is 12.2. The molecule has 2 heterocycles. The highest BCUT2D eigenvalue weighted by Gasteiger charge is 2.22. The van der Waals surface area contributed by atoms with Gasteiger partial charge < -0.3 is 9.97 Å². The minimum absolute atomic E-state index is 0.0347. The van der Waals surface area contributed by atoms with Crippen LogP contribution in [0.15, 0.2) is 88.5 Å². The lowest BCUT2D eigenvalue weighted by molar-refractivity contribution is -0.126. The molecule has 38 heavy (non-hydrogen) atoms. The van der Waals surface area contributed by atoms with Crippen LogP contribution in [-0.2, 0) is 11.3 Å². The molecule has 0 aliphatic rings. The van der Waals surface area contributed by atoms with Gasteiger partial charge in [0, 0.05) is 45.1 Å². The smallest absolute Gasteiger partial charge is 0.261 e. The fraction of sp³-hybridized carbons (Fsp3) is 0.0968. The van der Waals surface area contributed by atoms with Crippen molar-refractivity contribution in [2.24, 2.45) is 0 Å². The number of carbonyl (C=O) groups is 2. The van der Waals surface area contributed by atoms with E-state index in [1.807, 2.05) is 37.3 Å². The standard InChI is InChI=1S/C31H23N3O4/c1-17-7-3-4-8-20(17)31(38)34(18(2)35)16-19-11-12-26-22(13-19)30(37)24-15-27-23(14-28(24)33-26)29(36)21-9-5-6-10-25(21)32-27/h3-15H,16H2,1-2H3,(H,32,36)(H,33,37). The number of nitrogens with zero attached hydrogens (tertiary/aromatic N) is 1. The molecule has 2 N–H and O–H groups in total. The van der Waals surface area contributed by atoms with E-state index < -0.39 is 0 Å². The minimum Gasteiger partial charge on any atom is -0.354 e. The molecule has 0 saturated heterocycles. The molecule has 4 aromatic carbocycles. The third-order valence-electron chi connectivity index (χ3n) is 7.03. The first kappa shape index (κ1) is 23.4. The minimum atomic E-state index is -0.384. The number of para-hydroxylation sites is 1. The molecule has 0 aliphatic heterocycles. The average molecular weight is 502 g/mol. The number of pyridine rings is 2. The van der Waals surface area contributed by atoms with Crippen LogP contribution in [-0.4, -0.2) is 26.7 Å². The van der Waals surface area contributed by atoms with E-state index in [0.717, 1.165) is 5.56 Å². The maximum atomic E-state index is 13.6. The van der Waals surface area contributed by atoms with Crippen LogP contribution in [0.5, 0.6) is 0 Å². The van der Waals surface area contributed by atoms with Crippen LogP contribution in [0.4, 0.5) is 0 Å². The Morgan fingerprint density at radius 1 is 0.684 bits per heavy atom. The number of carbonyl (C=O) groups excluding carboxylic acids is 2. The van der Waals surface area contributed by atoms with E-state index in [1.54, 1.807) is 48.5 Å². The molecule has 0 radical (unpaired) electrons. The van der Waals surface area contributed by atoms with Crippen LogP contribution in [0, 0.1) is 6.92 Å². The lowest BCUT2D eigenvalue weighted by Gasteiger charge is -2.20. The lowest BCUT2D eigenvalue weighted by Crippen LogP contribution is -2.35. The summed E-state index contributed by atoms with van der Waals surface area (Å²) in [6.45, 7) is 3.21. The average Bonchev–Trinajstić information content (AvgIpc) is 2.91. The van der Waals surface area contributed by atoms with Crippen molar-refractivity contribution in [2.45, 2.75) is 20.4 Å². The third-order valence-corrected chi connectivity index (χ3v) is 7.03. The van der Waals surface area contributed by atoms with Gasteiger partial charge in [-0.05, 0) is 60.5 Å². The normalized spacial score (nSPS) is 11.4. The number of H-pyrrole nitrogens is 2. The van der Waals surface area contributed by atoms with Crippen molar-refractivity contribution in [3.63, 3.8) is 0 Å². The van der Waals surface area contributed by atoms with Gasteiger partial charge in [-0.3, -0.25) is 24.1 Å². The van der Waals surface area contributed by atoms with Gasteiger partial charge in [0.05, 0.1) is 17.6 Å². The number of fused-ring (bicyclic) bond motifs is 4. The Morgan fingerprint density at radius 2 is 1.26 bits per heavy atom. The monoisotopic (exact) mass is 501 g/mol. The second-order valence-corrected chi connectivity index (χ2v) is 9.50. The Balaban J connectivity index is 1.47. The van der Waals surface area contributed by atoms with Crippen molar-refractivity contribution in [3.05, 3.63) is 116 Å². The molecule has 0 atom stereocenters. The molecule has 6 aromatic rings. The fourth-order valence-corrected chi connectivity index (χ4v) is 5.01. The summed E-state index contributed by atoms with van der Waals surface area (Å²) in [5.74, 6) is -0.765. The molecular formula is C31H23N3O4. The van der Waals surface area contributed by atoms with Crippen molar-refractivity contribution in [3.8, 4) is 0 Å². The Labute approximate surface area is 216 Å². The summed E-state index contributed by atoms with van der Waals surface area (Å²) < 4.78 is 0. The Bertz CT molecular complexity index is 2070. The number of hydrogen-bond acceptors (Lipinski definition) is 4. The number of nitrogens with one attached hydrogen (secondary N) is 2. The summed E-state index contributed by atoms with van der Waals surface area (Å²) in [5, 5.41) is 1.95. The maximum Gasteiger partial charge on any atom is 0.261 e. The summed E-state index contributed by atoms with van der Waals surface area (Å²) in [6.07, 6.45) is 0. The zero-order valence-electron chi connectivity index (χ0n) is 20.8. The second-order valence-electron chi connectivity index (χ2n) is 9.50. The van der Waals surface area contributed by atoms with Crippen molar-refractivity contribution in [1.82, 2.24) is 14.9 Å². The van der Waals surface area contributed by atoms with E-state index in [2.05, 4.69) is 9.97 Å². The van der Waals surface area contributed by atoms with Gasteiger partial charge in [-0.25, -0.2) is 0 Å². The van der Waals surface area contributed by atoms with E-state index in [9.17, 15) is 19.2 Å². The number of rotatable bonds is 3. The van der Waals surface area contributed by atoms with Crippen LogP contribution in [0.1, 0.15) is 28.4 Å². The zero-order valence-corrected chi connectivity index (χ0v) is 20.8. The Hall–Kier alpha value is -5.04. The number of benzene rings is 4. The van der Waals surface area contributed by atoms with Crippen LogP contribution >= 0.6 is 0 Å². The molecule has 2 aromatic heterocycles. The number of imide groups is 1. The number of aromatic amines is 2. The van der Waals surface area contributed by atoms with Crippen LogP contribution in [0.3, 0.4) is 0 Å². The predicted molar refractivity (Wildman–Crippen MR) is 149 cm³/mol. The molecule has 0 fully saturated rings. The van der Waals surface area contributed by atoms with Crippen LogP contribution < -0.4 is 10.9 Å². The molecule has 0 spiro atoms. The third kappa shape index (κ3) is 3.76. The van der Waals surface area contributed by atoms with Crippen molar-refractivity contribution >= 4 is 55.4 Å². The molecule has 186 valence electrons. The fourth-order valence-electron chi connectivity index (χ4n) is 5.01. The first-order chi connectivity index (χ1) is 18.3. The van der Waals surface area contributed by atoms with Crippen molar-refractivity contribution < 1.29 is 9.59 Å². The molecular weight excluding hydrogens is 478 g/mol. The highest BCUT2D eigenvalue weighted by molar-refractivity contribution is 6.05. The van der Waals surface area contributed by atoms with Gasteiger partial charge >= 0.3 is 0 Å². The number of amides is 2. The van der Waals surface area contributed by atoms with Gasteiger partial charge in [0.25, 0.3) is 5.91 Å². The van der Waals surface area contributed by atoms with E-state index in [-0.39, 0.29) is 29.2 Å². The van der Waals surface area contributed by atoms with Crippen molar-refractivity contribution in [2.75, 3.05) is 0 Å². The topological polar surface area (TPSA) is 103 Å². The van der Waals surface area contributed by atoms with Crippen molar-refractivity contribution in [1.29, 1.82) is 0 Å². The van der Waals surface area contributed by atoms with Gasteiger partial charge in [-0.15, -0.1) is 0 Å². The Morgan fingerprint density at radius 3 is 1.95 bits per heavy atom.